The lowest BCUT2D eigenvalue weighted by atomic mass is 10.0. The van der Waals surface area contributed by atoms with Gasteiger partial charge in [0.1, 0.15) is 0 Å². The Morgan fingerprint density at radius 3 is 2.42 bits per heavy atom. The molecule has 0 atom stereocenters. The third-order valence-corrected chi connectivity index (χ3v) is 3.83. The van der Waals surface area contributed by atoms with E-state index in [1.807, 2.05) is 13.8 Å². The number of halogens is 1. The quantitative estimate of drug-likeness (QED) is 0.781. The third-order valence-electron chi connectivity index (χ3n) is 3.17. The second-order valence-electron chi connectivity index (χ2n) is 4.85. The Morgan fingerprint density at radius 2 is 1.95 bits per heavy atom. The highest BCUT2D eigenvalue weighted by atomic mass is 35.5. The lowest BCUT2D eigenvalue weighted by molar-refractivity contribution is 0.0656. The van der Waals surface area contributed by atoms with Crippen LogP contribution in [0.1, 0.15) is 24.2 Å². The number of hydrogen-bond donors (Lipinski definition) is 0. The van der Waals surface area contributed by atoms with Gasteiger partial charge >= 0.3 is 0 Å². The molecule has 0 saturated heterocycles. The van der Waals surface area contributed by atoms with Crippen molar-refractivity contribution in [1.82, 2.24) is 4.90 Å². The van der Waals surface area contributed by atoms with Crippen molar-refractivity contribution in [2.24, 2.45) is 0 Å². The Balaban J connectivity index is 3.20. The molecule has 4 nitrogen and oxygen atoms in total. The molecule has 0 fully saturated rings. The summed E-state index contributed by atoms with van der Waals surface area (Å²) in [6.45, 7) is 3.81. The predicted octanol–water partition coefficient (Wildman–Crippen LogP) is 2.79. The molecule has 0 N–H and O–H groups in total. The molecule has 19 heavy (non-hydrogen) atoms. The highest BCUT2D eigenvalue weighted by Crippen LogP contribution is 2.32. The number of alkyl halides is 1. The number of amides is 1. The van der Waals surface area contributed by atoms with E-state index in [0.29, 0.717) is 22.9 Å². The lowest BCUT2D eigenvalue weighted by Gasteiger charge is -2.34. The first-order valence-electron chi connectivity index (χ1n) is 5.94. The molecule has 0 aromatic heterocycles. The highest BCUT2D eigenvalue weighted by molar-refractivity contribution is 6.18. The molecule has 0 radical (unpaired) electrons. The van der Waals surface area contributed by atoms with Gasteiger partial charge < -0.3 is 14.4 Å². The molecule has 0 heterocycles. The van der Waals surface area contributed by atoms with Crippen molar-refractivity contribution >= 4 is 17.5 Å². The molecule has 0 aliphatic carbocycles. The van der Waals surface area contributed by atoms with Gasteiger partial charge in [0.2, 0.25) is 0 Å². The van der Waals surface area contributed by atoms with E-state index in [1.54, 1.807) is 37.3 Å². The van der Waals surface area contributed by atoms with Crippen LogP contribution >= 0.6 is 11.6 Å². The fourth-order valence-corrected chi connectivity index (χ4v) is 1.78. The summed E-state index contributed by atoms with van der Waals surface area (Å²) >= 11 is 5.90. The first-order valence-corrected chi connectivity index (χ1v) is 6.47. The number of rotatable bonds is 5. The summed E-state index contributed by atoms with van der Waals surface area (Å²) in [5.41, 5.74) is 0.0229. The number of benzene rings is 1. The molecule has 1 aromatic carbocycles. The van der Waals surface area contributed by atoms with Crippen LogP contribution in [0.25, 0.3) is 0 Å². The summed E-state index contributed by atoms with van der Waals surface area (Å²) < 4.78 is 10.5. The average molecular weight is 286 g/mol. The number of carbonyl (C=O) groups excluding carboxylic acids is 1. The fourth-order valence-electron chi connectivity index (χ4n) is 1.60. The predicted molar refractivity (Wildman–Crippen MR) is 76.4 cm³/mol. The minimum absolute atomic E-state index is 0.151. The van der Waals surface area contributed by atoms with E-state index in [4.69, 9.17) is 21.1 Å². The van der Waals surface area contributed by atoms with Crippen LogP contribution in [0.2, 0.25) is 0 Å². The van der Waals surface area contributed by atoms with Crippen LogP contribution in [0.3, 0.4) is 0 Å². The van der Waals surface area contributed by atoms with Gasteiger partial charge in [0.05, 0.1) is 25.3 Å². The molecule has 0 unspecified atom stereocenters. The second kappa shape index (κ2) is 6.15. The number of para-hydroxylation sites is 1. The number of hydrogen-bond acceptors (Lipinski definition) is 3. The van der Waals surface area contributed by atoms with E-state index in [9.17, 15) is 4.79 Å². The monoisotopic (exact) mass is 285 g/mol. The molecule has 0 spiro atoms. The van der Waals surface area contributed by atoms with Gasteiger partial charge in [-0.2, -0.15) is 0 Å². The van der Waals surface area contributed by atoms with Crippen molar-refractivity contribution in [3.63, 3.8) is 0 Å². The van der Waals surface area contributed by atoms with Crippen LogP contribution in [-0.4, -0.2) is 43.5 Å². The summed E-state index contributed by atoms with van der Waals surface area (Å²) in [4.78, 5) is 14.1. The normalized spacial score (nSPS) is 11.1. The van der Waals surface area contributed by atoms with Crippen molar-refractivity contribution in [2.75, 3.05) is 27.1 Å². The molecular weight excluding hydrogens is 266 g/mol. The van der Waals surface area contributed by atoms with Gasteiger partial charge in [0, 0.05) is 12.9 Å². The number of ether oxygens (including phenoxy) is 2. The largest absolute Gasteiger partial charge is 0.493 e. The maximum atomic E-state index is 12.5. The van der Waals surface area contributed by atoms with Crippen molar-refractivity contribution in [1.29, 1.82) is 0 Å². The van der Waals surface area contributed by atoms with Crippen molar-refractivity contribution < 1.29 is 14.3 Å². The lowest BCUT2D eigenvalue weighted by Crippen LogP contribution is -2.46. The van der Waals surface area contributed by atoms with Gasteiger partial charge in [-0.1, -0.05) is 6.07 Å². The van der Waals surface area contributed by atoms with E-state index in [0.717, 1.165) is 0 Å². The van der Waals surface area contributed by atoms with E-state index >= 15 is 0 Å². The smallest absolute Gasteiger partial charge is 0.257 e. The fraction of sp³-hybridized carbons (Fsp3) is 0.500. The number of nitrogens with zero attached hydrogens (tertiary/aromatic N) is 1. The van der Waals surface area contributed by atoms with E-state index < -0.39 is 5.54 Å². The Morgan fingerprint density at radius 1 is 1.32 bits per heavy atom. The Hall–Kier alpha value is -1.42. The molecule has 0 aliphatic rings. The summed E-state index contributed by atoms with van der Waals surface area (Å²) in [6, 6.07) is 5.23. The molecule has 0 saturated carbocycles. The van der Waals surface area contributed by atoms with Crippen molar-refractivity contribution in [2.45, 2.75) is 19.4 Å². The van der Waals surface area contributed by atoms with Crippen molar-refractivity contribution in [3.8, 4) is 11.5 Å². The minimum atomic E-state index is -0.438. The van der Waals surface area contributed by atoms with Gasteiger partial charge in [-0.25, -0.2) is 0 Å². The molecule has 1 amide bonds. The summed E-state index contributed by atoms with van der Waals surface area (Å²) in [7, 11) is 4.78. The zero-order valence-corrected chi connectivity index (χ0v) is 12.7. The van der Waals surface area contributed by atoms with Crippen LogP contribution in [0, 0.1) is 0 Å². The first kappa shape index (κ1) is 15.6. The van der Waals surface area contributed by atoms with Gasteiger partial charge in [0.15, 0.2) is 11.5 Å². The van der Waals surface area contributed by atoms with Gasteiger partial charge in [-0.05, 0) is 26.0 Å². The van der Waals surface area contributed by atoms with Gasteiger partial charge in [-0.15, -0.1) is 11.6 Å². The summed E-state index contributed by atoms with van der Waals surface area (Å²) in [5.74, 6) is 1.17. The minimum Gasteiger partial charge on any atom is -0.493 e. The van der Waals surface area contributed by atoms with E-state index in [1.165, 1.54) is 7.11 Å². The SMILES string of the molecule is COc1cccc(C(=O)N(C)C(C)(C)CCl)c1OC. The summed E-state index contributed by atoms with van der Waals surface area (Å²) in [6.07, 6.45) is 0. The van der Waals surface area contributed by atoms with Crippen molar-refractivity contribution in [3.05, 3.63) is 23.8 Å². The first-order chi connectivity index (χ1) is 8.88. The molecule has 1 aromatic rings. The molecule has 0 bridgehead atoms. The molecular formula is C14H20ClNO3. The average Bonchev–Trinajstić information content (AvgIpc) is 2.44. The highest BCUT2D eigenvalue weighted by Gasteiger charge is 2.29. The topological polar surface area (TPSA) is 38.8 Å². The second-order valence-corrected chi connectivity index (χ2v) is 5.12. The van der Waals surface area contributed by atoms with E-state index in [2.05, 4.69) is 0 Å². The maximum Gasteiger partial charge on any atom is 0.257 e. The zero-order valence-electron chi connectivity index (χ0n) is 12.0. The van der Waals surface area contributed by atoms with E-state index in [-0.39, 0.29) is 5.91 Å². The van der Waals surface area contributed by atoms with Gasteiger partial charge in [0.25, 0.3) is 5.91 Å². The molecule has 106 valence electrons. The maximum absolute atomic E-state index is 12.5. The summed E-state index contributed by atoms with van der Waals surface area (Å²) in [5, 5.41) is 0. The third kappa shape index (κ3) is 3.13. The Kier molecular flexibility index (Phi) is 5.06. The standard InChI is InChI=1S/C14H20ClNO3/c1-14(2,9-15)16(3)13(17)10-7-6-8-11(18-4)12(10)19-5/h6-8H,9H2,1-5H3. The zero-order chi connectivity index (χ0) is 14.6. The van der Waals surface area contributed by atoms with Crippen LogP contribution < -0.4 is 9.47 Å². The Bertz CT molecular complexity index is 460. The van der Waals surface area contributed by atoms with Gasteiger partial charge in [-0.3, -0.25) is 4.79 Å². The van der Waals surface area contributed by atoms with Crippen LogP contribution in [0.5, 0.6) is 11.5 Å². The molecule has 0 aliphatic heterocycles. The Labute approximate surface area is 119 Å². The number of carbonyl (C=O) groups is 1. The van der Waals surface area contributed by atoms with Crippen LogP contribution in [-0.2, 0) is 0 Å². The molecule has 5 heteroatoms. The van der Waals surface area contributed by atoms with Crippen LogP contribution in [0.15, 0.2) is 18.2 Å². The molecule has 1 rings (SSSR count). The van der Waals surface area contributed by atoms with Crippen LogP contribution in [0.4, 0.5) is 0 Å². The number of methoxy groups -OCH3 is 2.